The van der Waals surface area contributed by atoms with Crippen molar-refractivity contribution in [1.82, 2.24) is 10.6 Å². The first-order valence-electron chi connectivity index (χ1n) is 8.89. The smallest absolute Gasteiger partial charge is 0.451 e. The highest BCUT2D eigenvalue weighted by Gasteiger charge is 2.54. The number of ether oxygens (including phenoxy) is 2. The lowest BCUT2D eigenvalue weighted by Gasteiger charge is -2.18. The number of hydrogen-bond donors (Lipinski definition) is 2. The van der Waals surface area contributed by atoms with E-state index in [0.29, 0.717) is 6.92 Å². The van der Waals surface area contributed by atoms with Gasteiger partial charge in [-0.1, -0.05) is 6.58 Å². The van der Waals surface area contributed by atoms with Gasteiger partial charge in [0.1, 0.15) is 19.1 Å². The molecular weight excluding hydrogens is 470 g/mol. The van der Waals surface area contributed by atoms with Gasteiger partial charge in [-0.3, -0.25) is 14.4 Å². The molecule has 0 radical (unpaired) electrons. The van der Waals surface area contributed by atoms with E-state index < -0.39 is 66.5 Å². The average Bonchev–Trinajstić information content (AvgIpc) is 2.66. The Morgan fingerprint density at radius 3 is 1.76 bits per heavy atom. The number of amides is 2. The molecule has 15 heteroatoms. The Labute approximate surface area is 183 Å². The number of carbonyl (C=O) groups excluding carboxylic acids is 5. The molecule has 0 aromatic carbocycles. The fourth-order valence-corrected chi connectivity index (χ4v) is 1.99. The maximum Gasteiger partial charge on any atom is 0.451 e. The van der Waals surface area contributed by atoms with Crippen LogP contribution in [0.25, 0.3) is 0 Å². The predicted octanol–water partition coefficient (Wildman–Crippen LogP) is 1.77. The number of esters is 1. The third-order valence-electron chi connectivity index (χ3n) is 3.48. The van der Waals surface area contributed by atoms with Crippen LogP contribution in [0.15, 0.2) is 23.8 Å². The zero-order chi connectivity index (χ0) is 26.0. The van der Waals surface area contributed by atoms with Gasteiger partial charge < -0.3 is 20.1 Å². The number of hydrogen-bond acceptors (Lipinski definition) is 7. The van der Waals surface area contributed by atoms with Crippen LogP contribution in [-0.4, -0.2) is 68.2 Å². The number of nitrogens with one attached hydrogen (secondary N) is 2. The van der Waals surface area contributed by atoms with Crippen molar-refractivity contribution in [1.29, 1.82) is 0 Å². The van der Waals surface area contributed by atoms with Gasteiger partial charge in [-0.15, -0.1) is 0 Å². The highest BCUT2D eigenvalue weighted by molar-refractivity contribution is 6.10. The Balaban J connectivity index is 4.71. The average molecular weight is 490 g/mol. The van der Waals surface area contributed by atoms with Crippen molar-refractivity contribution in [3.63, 3.8) is 0 Å². The summed E-state index contributed by atoms with van der Waals surface area (Å²) in [5.41, 5.74) is -0.936. The molecule has 0 aliphatic rings. The summed E-state index contributed by atoms with van der Waals surface area (Å²) in [6.45, 7) is 4.17. The molecule has 33 heavy (non-hydrogen) atoms. The summed E-state index contributed by atoms with van der Waals surface area (Å²) in [5, 5.41) is 4.17. The number of alkyl carbamates (subject to hydrolysis) is 1. The third-order valence-corrected chi connectivity index (χ3v) is 3.48. The molecule has 0 unspecified atom stereocenters. The molecule has 0 rings (SSSR count). The first-order valence-corrected chi connectivity index (χ1v) is 8.89. The summed E-state index contributed by atoms with van der Waals surface area (Å²) >= 11 is 0. The maximum absolute atomic E-state index is 12.6. The number of allylic oxidation sites excluding steroid dienone is 1. The Morgan fingerprint density at radius 1 is 0.848 bits per heavy atom. The van der Waals surface area contributed by atoms with Crippen molar-refractivity contribution in [2.45, 2.75) is 26.2 Å². The van der Waals surface area contributed by atoms with Crippen LogP contribution in [0.2, 0.25) is 0 Å². The number of ketones is 2. The quantitative estimate of drug-likeness (QED) is 0.149. The molecule has 0 aromatic heterocycles. The summed E-state index contributed by atoms with van der Waals surface area (Å²) in [4.78, 5) is 56.7. The fourth-order valence-electron chi connectivity index (χ4n) is 1.99. The monoisotopic (exact) mass is 490 g/mol. The summed E-state index contributed by atoms with van der Waals surface area (Å²) in [5.74, 6) is -11.1. The maximum atomic E-state index is 12.6. The zero-order valence-electron chi connectivity index (χ0n) is 17.3. The van der Waals surface area contributed by atoms with E-state index in [9.17, 15) is 50.3 Å². The molecule has 0 atom stereocenters. The summed E-state index contributed by atoms with van der Waals surface area (Å²) in [6, 6.07) is 0. The molecule has 2 N–H and O–H groups in total. The molecule has 186 valence electrons. The van der Waals surface area contributed by atoms with E-state index in [0.717, 1.165) is 0 Å². The Morgan fingerprint density at radius 2 is 1.30 bits per heavy atom. The van der Waals surface area contributed by atoms with Crippen LogP contribution in [0.4, 0.5) is 31.1 Å². The first kappa shape index (κ1) is 29.6. The molecule has 0 bridgehead atoms. The van der Waals surface area contributed by atoms with Crippen molar-refractivity contribution in [3.8, 4) is 0 Å². The van der Waals surface area contributed by atoms with Gasteiger partial charge in [0, 0.05) is 11.6 Å². The van der Waals surface area contributed by atoms with Crippen molar-refractivity contribution in [2.24, 2.45) is 5.92 Å². The van der Waals surface area contributed by atoms with Gasteiger partial charge in [0.25, 0.3) is 11.6 Å². The molecule has 0 saturated heterocycles. The Kier molecular flexibility index (Phi) is 11.3. The lowest BCUT2D eigenvalue weighted by Crippen LogP contribution is -2.42. The first-order chi connectivity index (χ1) is 15.0. The van der Waals surface area contributed by atoms with E-state index in [1.807, 2.05) is 5.32 Å². The Bertz CT molecular complexity index is 792. The van der Waals surface area contributed by atoms with Crippen LogP contribution in [0, 0.1) is 5.92 Å². The zero-order valence-corrected chi connectivity index (χ0v) is 17.3. The van der Waals surface area contributed by atoms with Crippen molar-refractivity contribution in [2.75, 3.05) is 26.3 Å². The Hall–Kier alpha value is -3.39. The second-order valence-electron chi connectivity index (χ2n) is 6.32. The van der Waals surface area contributed by atoms with Gasteiger partial charge in [0.05, 0.1) is 13.1 Å². The molecular formula is C18H20F6N2O7. The fraction of sp³-hybridized carbons (Fsp3) is 0.500. The van der Waals surface area contributed by atoms with Gasteiger partial charge >= 0.3 is 24.4 Å². The number of Topliss-reactive ketones (excluding diaryl/α,β-unsaturated/α-hetero) is 2. The molecule has 0 heterocycles. The number of alkyl halides is 6. The van der Waals surface area contributed by atoms with E-state index >= 15 is 0 Å². The minimum absolute atomic E-state index is 0.117. The molecule has 0 aliphatic carbocycles. The van der Waals surface area contributed by atoms with E-state index in [2.05, 4.69) is 21.4 Å². The predicted molar refractivity (Wildman–Crippen MR) is 97.5 cm³/mol. The second kappa shape index (κ2) is 12.6. The van der Waals surface area contributed by atoms with E-state index in [4.69, 9.17) is 0 Å². The van der Waals surface area contributed by atoms with Crippen LogP contribution in [0.5, 0.6) is 0 Å². The lowest BCUT2D eigenvalue weighted by atomic mass is 9.90. The number of rotatable bonds is 11. The minimum atomic E-state index is -5.75. The standard InChI is InChI=1S/C18H20F6N2O7/c1-9(2)15(30)32-6-5-26-16(31)33-7-4-25-11(27)8-10(3)12(13(28)17(19,20)21)14(29)18(22,23)24/h8,12H,1,4-7H2,2-3H3,(H,25,27)(H,26,31)/b10-8+. The number of carbonyl (C=O) groups is 5. The van der Waals surface area contributed by atoms with Crippen LogP contribution in [0.3, 0.4) is 0 Å². The van der Waals surface area contributed by atoms with Gasteiger partial charge in [-0.2, -0.15) is 26.3 Å². The molecule has 0 saturated carbocycles. The molecule has 0 aromatic rings. The van der Waals surface area contributed by atoms with Gasteiger partial charge in [0.2, 0.25) is 5.91 Å². The highest BCUT2D eigenvalue weighted by Crippen LogP contribution is 2.31. The topological polar surface area (TPSA) is 128 Å². The van der Waals surface area contributed by atoms with Crippen molar-refractivity contribution < 1.29 is 59.8 Å². The van der Waals surface area contributed by atoms with Crippen LogP contribution in [0.1, 0.15) is 13.8 Å². The lowest BCUT2D eigenvalue weighted by molar-refractivity contribution is -0.187. The van der Waals surface area contributed by atoms with Gasteiger partial charge in [0.15, 0.2) is 0 Å². The highest BCUT2D eigenvalue weighted by atomic mass is 19.4. The van der Waals surface area contributed by atoms with Crippen LogP contribution in [-0.2, 0) is 28.7 Å². The minimum Gasteiger partial charge on any atom is -0.460 e. The van der Waals surface area contributed by atoms with Crippen molar-refractivity contribution >= 4 is 29.5 Å². The van der Waals surface area contributed by atoms with E-state index in [1.54, 1.807) is 0 Å². The molecule has 2 amide bonds. The largest absolute Gasteiger partial charge is 0.460 e. The van der Waals surface area contributed by atoms with Crippen molar-refractivity contribution in [3.05, 3.63) is 23.8 Å². The molecule has 0 spiro atoms. The van der Waals surface area contributed by atoms with E-state index in [-0.39, 0.29) is 24.8 Å². The van der Waals surface area contributed by atoms with Gasteiger partial charge in [-0.25, -0.2) is 9.59 Å². The molecule has 0 fully saturated rings. The summed E-state index contributed by atoms with van der Waals surface area (Å²) in [6.07, 6.45) is -12.2. The SMILES string of the molecule is C=C(C)C(=O)OCCNC(=O)OCCNC(=O)/C=C(\C)C(C(=O)C(F)(F)F)C(=O)C(F)(F)F. The third kappa shape index (κ3) is 11.2. The summed E-state index contributed by atoms with van der Waals surface area (Å²) in [7, 11) is 0. The summed E-state index contributed by atoms with van der Waals surface area (Å²) < 4.78 is 84.8. The number of halogens is 6. The van der Waals surface area contributed by atoms with Crippen LogP contribution >= 0.6 is 0 Å². The normalized spacial score (nSPS) is 12.1. The molecule has 0 aliphatic heterocycles. The van der Waals surface area contributed by atoms with Crippen LogP contribution < -0.4 is 10.6 Å². The molecule has 9 nitrogen and oxygen atoms in total. The van der Waals surface area contributed by atoms with Gasteiger partial charge in [-0.05, 0) is 19.4 Å². The van der Waals surface area contributed by atoms with E-state index in [1.165, 1.54) is 6.92 Å². The second-order valence-corrected chi connectivity index (χ2v) is 6.32.